The molecule has 0 radical (unpaired) electrons. The van der Waals surface area contributed by atoms with Crippen LogP contribution < -0.4 is 4.74 Å². The largest absolute Gasteiger partial charge is 0.493 e. The number of aliphatic hydroxyl groups excluding tert-OH is 1. The summed E-state index contributed by atoms with van der Waals surface area (Å²) < 4.78 is 18.5. The van der Waals surface area contributed by atoms with Gasteiger partial charge in [-0.3, -0.25) is 0 Å². The lowest BCUT2D eigenvalue weighted by Gasteiger charge is -2.13. The van der Waals surface area contributed by atoms with Gasteiger partial charge in [0, 0.05) is 11.4 Å². The maximum absolute atomic E-state index is 12.9. The third-order valence-electron chi connectivity index (χ3n) is 3.18. The van der Waals surface area contributed by atoms with Crippen molar-refractivity contribution < 1.29 is 14.2 Å². The van der Waals surface area contributed by atoms with Crippen LogP contribution in [0, 0.1) is 12.7 Å². The van der Waals surface area contributed by atoms with E-state index >= 15 is 0 Å². The maximum Gasteiger partial charge on any atom is 0.124 e. The molecule has 0 saturated carbocycles. The summed E-state index contributed by atoms with van der Waals surface area (Å²) in [5.41, 5.74) is 1.87. The lowest BCUT2D eigenvalue weighted by molar-refractivity contribution is 0.139. The minimum atomic E-state index is -0.572. The van der Waals surface area contributed by atoms with E-state index in [0.717, 1.165) is 16.9 Å². The first-order valence-corrected chi connectivity index (χ1v) is 7.24. The zero-order valence-corrected chi connectivity index (χ0v) is 12.6. The van der Waals surface area contributed by atoms with Crippen LogP contribution in [0.3, 0.4) is 0 Å². The van der Waals surface area contributed by atoms with E-state index in [1.165, 1.54) is 12.1 Å². The first kappa shape index (κ1) is 15.8. The predicted molar refractivity (Wildman–Crippen MR) is 82.4 cm³/mol. The van der Waals surface area contributed by atoms with E-state index < -0.39 is 6.10 Å². The van der Waals surface area contributed by atoms with Gasteiger partial charge in [0.1, 0.15) is 11.6 Å². The molecule has 4 heteroatoms. The SMILES string of the molecule is Cc1cccc(OCCC(O)Cc2ccc(F)cc2Cl)c1. The number of hydrogen-bond acceptors (Lipinski definition) is 2. The van der Waals surface area contributed by atoms with Crippen molar-refractivity contribution in [3.63, 3.8) is 0 Å². The van der Waals surface area contributed by atoms with Gasteiger partial charge in [0.15, 0.2) is 0 Å². The molecule has 0 amide bonds. The Bertz CT molecular complexity index is 601. The molecule has 0 fully saturated rings. The van der Waals surface area contributed by atoms with Crippen LogP contribution in [0.25, 0.3) is 0 Å². The van der Waals surface area contributed by atoms with Gasteiger partial charge in [-0.25, -0.2) is 4.39 Å². The molecule has 0 aliphatic carbocycles. The Hall–Kier alpha value is -1.58. The number of rotatable bonds is 6. The predicted octanol–water partition coefficient (Wildman–Crippen LogP) is 4.16. The maximum atomic E-state index is 12.9. The quantitative estimate of drug-likeness (QED) is 0.868. The highest BCUT2D eigenvalue weighted by molar-refractivity contribution is 6.31. The summed E-state index contributed by atoms with van der Waals surface area (Å²) in [6, 6.07) is 12.0. The molecule has 0 aliphatic rings. The highest BCUT2D eigenvalue weighted by Crippen LogP contribution is 2.20. The van der Waals surface area contributed by atoms with Crippen LogP contribution in [0.1, 0.15) is 17.5 Å². The van der Waals surface area contributed by atoms with Gasteiger partial charge < -0.3 is 9.84 Å². The second-order valence-electron chi connectivity index (χ2n) is 5.05. The van der Waals surface area contributed by atoms with E-state index in [1.807, 2.05) is 31.2 Å². The number of hydrogen-bond donors (Lipinski definition) is 1. The van der Waals surface area contributed by atoms with Gasteiger partial charge in [-0.1, -0.05) is 29.8 Å². The second-order valence-corrected chi connectivity index (χ2v) is 5.45. The molecular weight excluding hydrogens is 291 g/mol. The molecule has 21 heavy (non-hydrogen) atoms. The van der Waals surface area contributed by atoms with Gasteiger partial charge in [-0.05, 0) is 48.7 Å². The molecule has 0 bridgehead atoms. The smallest absolute Gasteiger partial charge is 0.124 e. The van der Waals surface area contributed by atoms with Gasteiger partial charge in [0.05, 0.1) is 12.7 Å². The minimum absolute atomic E-state index is 0.341. The topological polar surface area (TPSA) is 29.5 Å². The first-order chi connectivity index (χ1) is 10.0. The van der Waals surface area contributed by atoms with E-state index in [1.54, 1.807) is 6.07 Å². The van der Waals surface area contributed by atoms with Gasteiger partial charge in [-0.15, -0.1) is 0 Å². The Morgan fingerprint density at radius 3 is 2.76 bits per heavy atom. The van der Waals surface area contributed by atoms with Crippen molar-refractivity contribution in [2.24, 2.45) is 0 Å². The Labute approximate surface area is 129 Å². The van der Waals surface area contributed by atoms with Crippen molar-refractivity contribution in [3.8, 4) is 5.75 Å². The van der Waals surface area contributed by atoms with Crippen LogP contribution in [0.5, 0.6) is 5.75 Å². The molecule has 1 N–H and O–H groups in total. The summed E-state index contributed by atoms with van der Waals surface area (Å²) >= 11 is 5.94. The molecule has 0 aromatic heterocycles. The van der Waals surface area contributed by atoms with Crippen LogP contribution in [-0.4, -0.2) is 17.8 Å². The number of benzene rings is 2. The van der Waals surface area contributed by atoms with Crippen molar-refractivity contribution in [1.29, 1.82) is 0 Å². The summed E-state index contributed by atoms with van der Waals surface area (Å²) in [5, 5.41) is 10.3. The van der Waals surface area contributed by atoms with E-state index in [0.29, 0.717) is 24.5 Å². The normalized spacial score (nSPS) is 12.2. The Balaban J connectivity index is 1.81. The lowest BCUT2D eigenvalue weighted by Crippen LogP contribution is -2.15. The number of aryl methyl sites for hydroxylation is 1. The van der Waals surface area contributed by atoms with E-state index in [4.69, 9.17) is 16.3 Å². The van der Waals surface area contributed by atoms with E-state index in [9.17, 15) is 9.50 Å². The van der Waals surface area contributed by atoms with Crippen molar-refractivity contribution in [1.82, 2.24) is 0 Å². The fraction of sp³-hybridized carbons (Fsp3) is 0.294. The number of ether oxygens (including phenoxy) is 1. The highest BCUT2D eigenvalue weighted by atomic mass is 35.5. The fourth-order valence-electron chi connectivity index (χ4n) is 2.06. The molecule has 2 nitrogen and oxygen atoms in total. The highest BCUT2D eigenvalue weighted by Gasteiger charge is 2.09. The molecular formula is C17H18ClFO2. The molecule has 0 aliphatic heterocycles. The monoisotopic (exact) mass is 308 g/mol. The third-order valence-corrected chi connectivity index (χ3v) is 3.53. The molecule has 112 valence electrons. The summed E-state index contributed by atoms with van der Waals surface area (Å²) in [4.78, 5) is 0. The molecule has 0 spiro atoms. The summed E-state index contributed by atoms with van der Waals surface area (Å²) in [5.74, 6) is 0.419. The Morgan fingerprint density at radius 1 is 1.24 bits per heavy atom. The number of halogens is 2. The summed E-state index contributed by atoms with van der Waals surface area (Å²) in [6.45, 7) is 2.42. The molecule has 2 rings (SSSR count). The number of aliphatic hydroxyl groups is 1. The minimum Gasteiger partial charge on any atom is -0.493 e. The fourth-order valence-corrected chi connectivity index (χ4v) is 2.31. The van der Waals surface area contributed by atoms with Crippen LogP contribution in [0.15, 0.2) is 42.5 Å². The van der Waals surface area contributed by atoms with Gasteiger partial charge in [0.25, 0.3) is 0 Å². The standard InChI is InChI=1S/C17H18ClFO2/c1-12-3-2-4-16(9-12)21-8-7-15(20)10-13-5-6-14(19)11-17(13)18/h2-6,9,11,15,20H,7-8,10H2,1H3. The van der Waals surface area contributed by atoms with Crippen molar-refractivity contribution in [2.75, 3.05) is 6.61 Å². The zero-order valence-electron chi connectivity index (χ0n) is 11.9. The van der Waals surface area contributed by atoms with Crippen LogP contribution in [-0.2, 0) is 6.42 Å². The summed E-state index contributed by atoms with van der Waals surface area (Å²) in [6.07, 6.45) is 0.301. The Morgan fingerprint density at radius 2 is 2.05 bits per heavy atom. The average molecular weight is 309 g/mol. The van der Waals surface area contributed by atoms with Gasteiger partial charge in [0.2, 0.25) is 0 Å². The molecule has 0 heterocycles. The molecule has 2 aromatic carbocycles. The molecule has 0 saturated heterocycles. The van der Waals surface area contributed by atoms with Crippen molar-refractivity contribution >= 4 is 11.6 Å². The van der Waals surface area contributed by atoms with E-state index in [-0.39, 0.29) is 5.82 Å². The second kappa shape index (κ2) is 7.43. The molecule has 1 atom stereocenters. The summed E-state index contributed by atoms with van der Waals surface area (Å²) in [7, 11) is 0. The van der Waals surface area contributed by atoms with Gasteiger partial charge in [-0.2, -0.15) is 0 Å². The lowest BCUT2D eigenvalue weighted by atomic mass is 10.1. The molecule has 2 aromatic rings. The molecule has 1 unspecified atom stereocenters. The van der Waals surface area contributed by atoms with Crippen molar-refractivity contribution in [2.45, 2.75) is 25.9 Å². The zero-order chi connectivity index (χ0) is 15.2. The van der Waals surface area contributed by atoms with Crippen LogP contribution in [0.4, 0.5) is 4.39 Å². The third kappa shape index (κ3) is 5.03. The van der Waals surface area contributed by atoms with E-state index in [2.05, 4.69) is 0 Å². The Kier molecular flexibility index (Phi) is 5.59. The van der Waals surface area contributed by atoms with Gasteiger partial charge >= 0.3 is 0 Å². The first-order valence-electron chi connectivity index (χ1n) is 6.86. The van der Waals surface area contributed by atoms with Crippen molar-refractivity contribution in [3.05, 3.63) is 64.4 Å². The van der Waals surface area contributed by atoms with Crippen LogP contribution >= 0.6 is 11.6 Å². The average Bonchev–Trinajstić information content (AvgIpc) is 2.42. The van der Waals surface area contributed by atoms with Crippen LogP contribution in [0.2, 0.25) is 5.02 Å².